The molecule has 0 bridgehead atoms. The van der Waals surface area contributed by atoms with Crippen LogP contribution in [-0.4, -0.2) is 106 Å². The normalized spacial score (nSPS) is 29.3. The van der Waals surface area contributed by atoms with Gasteiger partial charge in [0.1, 0.15) is 31.9 Å². The van der Waals surface area contributed by atoms with E-state index < -0.39 is 56.8 Å². The third kappa shape index (κ3) is 18.7. The molecule has 0 aromatic carbocycles. The second-order valence-corrected chi connectivity index (χ2v) is 18.3. The van der Waals surface area contributed by atoms with Crippen LogP contribution in [0.25, 0.3) is 0 Å². The molecule has 51 heavy (non-hydrogen) atoms. The molecule has 2 N–H and O–H groups in total. The Hall–Kier alpha value is -1.04. The topological polar surface area (TPSA) is 174 Å². The van der Waals surface area contributed by atoms with Crippen molar-refractivity contribution in [1.82, 2.24) is 10.6 Å². The third-order valence-electron chi connectivity index (χ3n) is 7.99. The number of ether oxygens (including phenoxy) is 7. The van der Waals surface area contributed by atoms with Crippen molar-refractivity contribution in [2.45, 2.75) is 99.0 Å². The summed E-state index contributed by atoms with van der Waals surface area (Å²) in [5, 5.41) is 5.37. The fraction of sp³-hybridized carbons (Fsp3) is 0.833. The second-order valence-electron chi connectivity index (χ2n) is 11.9. The summed E-state index contributed by atoms with van der Waals surface area (Å²) in [5.41, 5.74) is -0.294. The molecule has 2 saturated heterocycles. The highest BCUT2D eigenvalue weighted by molar-refractivity contribution is 7.99. The van der Waals surface area contributed by atoms with Crippen molar-refractivity contribution in [3.8, 4) is 0 Å². The van der Waals surface area contributed by atoms with Gasteiger partial charge < -0.3 is 43.8 Å². The van der Waals surface area contributed by atoms with Crippen LogP contribution in [0.4, 0.5) is 9.59 Å². The summed E-state index contributed by atoms with van der Waals surface area (Å²) in [5.74, 6) is -0.789. The number of thioether (sulfide) groups is 1. The zero-order chi connectivity index (χ0) is 39.3. The van der Waals surface area contributed by atoms with Crippen LogP contribution in [0.15, 0.2) is 0 Å². The first-order valence-electron chi connectivity index (χ1n) is 15.8. The maximum Gasteiger partial charge on any atom is 0.407 e. The molecule has 0 saturated carbocycles. The minimum Gasteiger partial charge on any atom is -0.463 e. The van der Waals surface area contributed by atoms with E-state index in [1.807, 2.05) is 34.6 Å². The molecule has 2 heterocycles. The van der Waals surface area contributed by atoms with Gasteiger partial charge in [-0.05, 0) is 29.4 Å². The van der Waals surface area contributed by atoms with Gasteiger partial charge in [-0.15, -0.1) is 11.8 Å². The molecule has 2 aliphatic heterocycles. The van der Waals surface area contributed by atoms with E-state index in [0.29, 0.717) is 0 Å². The molecule has 2 rings (SSSR count). The molecule has 0 aromatic rings. The Balaban J connectivity index is 0.000000510. The fourth-order valence-corrected chi connectivity index (χ4v) is 6.39. The van der Waals surface area contributed by atoms with Gasteiger partial charge in [0, 0.05) is 20.8 Å². The summed E-state index contributed by atoms with van der Waals surface area (Å²) in [6.07, 6.45) is -3.34. The molecule has 2 fully saturated rings. The van der Waals surface area contributed by atoms with Gasteiger partial charge in [0.2, 0.25) is 13.9 Å². The lowest BCUT2D eigenvalue weighted by atomic mass is 9.82. The van der Waals surface area contributed by atoms with Gasteiger partial charge in [-0.1, -0.05) is 104 Å². The van der Waals surface area contributed by atoms with Crippen molar-refractivity contribution in [3.05, 3.63) is 0 Å². The Kier molecular flexibility index (Phi) is 21.0. The molecular formula is C30H46Cl6N2O12S. The largest absolute Gasteiger partial charge is 0.463 e. The van der Waals surface area contributed by atoms with E-state index >= 15 is 0 Å². The number of halogens is 6. The quantitative estimate of drug-likeness (QED) is 0.134. The Morgan fingerprint density at radius 2 is 1.04 bits per heavy atom. The number of hydrogen-bond donors (Lipinski definition) is 2. The van der Waals surface area contributed by atoms with Crippen LogP contribution in [0, 0.1) is 23.7 Å². The van der Waals surface area contributed by atoms with Crippen LogP contribution >= 0.6 is 81.4 Å². The number of alkyl halides is 6. The number of rotatable bonds is 11. The van der Waals surface area contributed by atoms with E-state index in [4.69, 9.17) is 103 Å². The lowest BCUT2D eigenvalue weighted by molar-refractivity contribution is -0.238. The van der Waals surface area contributed by atoms with Crippen molar-refractivity contribution >= 4 is 111 Å². The molecule has 2 aliphatic rings. The smallest absolute Gasteiger partial charge is 0.407 e. The standard InChI is InChI=1S/C15H22Cl3NO7.C15H24Cl3NO5S/c1-7-8(2)12(19-14(22)24-6-15(16,17)18)13(25-10(4)21)26-11(7)5-23-9(3)20;1-5-25-13-12(19-14(21)23-7-15(16,17)18)9(3)8(2)11(24-13)6-22-10(4)20/h7-8,11-13H,5-6H2,1-4H3,(H,19,22);8-9,11-13H,5-7H2,1-4H3,(H,19,21). The van der Waals surface area contributed by atoms with Crippen molar-refractivity contribution in [1.29, 1.82) is 0 Å². The van der Waals surface area contributed by atoms with Gasteiger partial charge in [0.05, 0.1) is 24.3 Å². The van der Waals surface area contributed by atoms with Gasteiger partial charge >= 0.3 is 30.1 Å². The van der Waals surface area contributed by atoms with Crippen LogP contribution in [0.1, 0.15) is 55.4 Å². The fourth-order valence-electron chi connectivity index (χ4n) is 4.99. The SMILES string of the molecule is CC(=O)OCC1OC(OC(C)=O)C(NC(=O)OCC(Cl)(Cl)Cl)C(C)C1C.CCSC1OC(COC(C)=O)C(C)C(C)C1NC(=O)OCC(Cl)(Cl)Cl. The zero-order valence-electron chi connectivity index (χ0n) is 29.4. The van der Waals surface area contributed by atoms with E-state index in [9.17, 15) is 24.0 Å². The average Bonchev–Trinajstić information content (AvgIpc) is 3.00. The van der Waals surface area contributed by atoms with Crippen molar-refractivity contribution in [3.63, 3.8) is 0 Å². The van der Waals surface area contributed by atoms with Gasteiger partial charge in [0.15, 0.2) is 0 Å². The van der Waals surface area contributed by atoms with E-state index in [1.54, 1.807) is 11.8 Å². The maximum atomic E-state index is 12.0. The summed E-state index contributed by atoms with van der Waals surface area (Å²) in [6, 6.07) is -0.984. The van der Waals surface area contributed by atoms with E-state index in [0.717, 1.165) is 5.75 Å². The van der Waals surface area contributed by atoms with Crippen molar-refractivity contribution < 1.29 is 57.1 Å². The number of carbonyl (C=O) groups is 5. The highest BCUT2D eigenvalue weighted by atomic mass is 35.6. The van der Waals surface area contributed by atoms with E-state index in [1.165, 1.54) is 20.8 Å². The Morgan fingerprint density at radius 3 is 1.43 bits per heavy atom. The van der Waals surface area contributed by atoms with Gasteiger partial charge in [-0.2, -0.15) is 0 Å². The summed E-state index contributed by atoms with van der Waals surface area (Å²) in [4.78, 5) is 57.4. The predicted octanol–water partition coefficient (Wildman–Crippen LogP) is 6.34. The number of amides is 2. The van der Waals surface area contributed by atoms with Crippen LogP contribution < -0.4 is 10.6 Å². The van der Waals surface area contributed by atoms with Crippen LogP contribution in [-0.2, 0) is 47.5 Å². The Morgan fingerprint density at radius 1 is 0.627 bits per heavy atom. The number of carbonyl (C=O) groups excluding carboxylic acids is 5. The zero-order valence-corrected chi connectivity index (χ0v) is 34.7. The summed E-state index contributed by atoms with van der Waals surface area (Å²) >= 11 is 34.9. The number of alkyl carbamates (subject to hydrolysis) is 2. The molecule has 21 heteroatoms. The highest BCUT2D eigenvalue weighted by Crippen LogP contribution is 2.36. The summed E-state index contributed by atoms with van der Waals surface area (Å²) in [6.45, 7) is 13.0. The van der Waals surface area contributed by atoms with Crippen molar-refractivity contribution in [2.75, 3.05) is 32.2 Å². The first-order valence-corrected chi connectivity index (χ1v) is 19.1. The molecule has 2 amide bonds. The maximum absolute atomic E-state index is 12.0. The molecule has 0 spiro atoms. The number of esters is 3. The molecule has 0 aromatic heterocycles. The highest BCUT2D eigenvalue weighted by Gasteiger charge is 2.45. The average molecular weight is 871 g/mol. The number of hydrogen-bond acceptors (Lipinski definition) is 13. The first-order chi connectivity index (χ1) is 23.4. The molecule has 14 nitrogen and oxygen atoms in total. The number of nitrogens with one attached hydrogen (secondary N) is 2. The molecule has 296 valence electrons. The first kappa shape index (κ1) is 48.0. The molecule has 0 aliphatic carbocycles. The molecule has 10 atom stereocenters. The molecular weight excluding hydrogens is 825 g/mol. The second kappa shape index (κ2) is 22.4. The predicted molar refractivity (Wildman–Crippen MR) is 194 cm³/mol. The van der Waals surface area contributed by atoms with Crippen LogP contribution in [0.2, 0.25) is 0 Å². The third-order valence-corrected chi connectivity index (χ3v) is 9.71. The minimum atomic E-state index is -1.75. The van der Waals surface area contributed by atoms with E-state index in [-0.39, 0.29) is 67.0 Å². The molecule has 0 radical (unpaired) electrons. The van der Waals surface area contributed by atoms with Gasteiger partial charge in [-0.25, -0.2) is 9.59 Å². The summed E-state index contributed by atoms with van der Waals surface area (Å²) in [7, 11) is 0. The summed E-state index contributed by atoms with van der Waals surface area (Å²) < 4.78 is 33.4. The van der Waals surface area contributed by atoms with Crippen molar-refractivity contribution in [2.24, 2.45) is 23.7 Å². The van der Waals surface area contributed by atoms with Crippen LogP contribution in [0.3, 0.4) is 0 Å². The molecule has 10 unspecified atom stereocenters. The minimum absolute atomic E-state index is 0.00301. The lowest BCUT2D eigenvalue weighted by Gasteiger charge is -2.44. The Labute approximate surface area is 332 Å². The monoisotopic (exact) mass is 868 g/mol. The lowest BCUT2D eigenvalue weighted by Crippen LogP contribution is -2.59. The Bertz CT molecular complexity index is 1160. The van der Waals surface area contributed by atoms with Crippen LogP contribution in [0.5, 0.6) is 0 Å². The van der Waals surface area contributed by atoms with E-state index in [2.05, 4.69) is 10.6 Å². The van der Waals surface area contributed by atoms with Gasteiger partial charge in [0.25, 0.3) is 0 Å². The van der Waals surface area contributed by atoms with Gasteiger partial charge in [-0.3, -0.25) is 14.4 Å².